The zero-order valence-electron chi connectivity index (χ0n) is 13.0. The first kappa shape index (κ1) is 15.1. The molecular weight excluding hydrogens is 250 g/mol. The second-order valence-corrected chi connectivity index (χ2v) is 5.96. The zero-order valence-corrected chi connectivity index (χ0v) is 13.0. The Morgan fingerprint density at radius 2 is 1.85 bits per heavy atom. The Hall–Kier alpha value is -1.26. The lowest BCUT2D eigenvalue weighted by atomic mass is 10.1. The van der Waals surface area contributed by atoms with E-state index in [0.29, 0.717) is 5.75 Å². The fourth-order valence-corrected chi connectivity index (χ4v) is 2.61. The molecule has 2 rings (SSSR count). The Labute approximate surface area is 122 Å². The number of piperazine rings is 1. The quantitative estimate of drug-likeness (QED) is 0.886. The van der Waals surface area contributed by atoms with Crippen LogP contribution in [0, 0.1) is 0 Å². The fourth-order valence-electron chi connectivity index (χ4n) is 2.61. The molecule has 0 aliphatic carbocycles. The Morgan fingerprint density at radius 1 is 1.15 bits per heavy atom. The van der Waals surface area contributed by atoms with Gasteiger partial charge >= 0.3 is 0 Å². The Morgan fingerprint density at radius 3 is 2.50 bits per heavy atom. The number of phenols is 1. The van der Waals surface area contributed by atoms with Crippen LogP contribution in [0.1, 0.15) is 12.0 Å². The van der Waals surface area contributed by atoms with Gasteiger partial charge in [-0.15, -0.1) is 0 Å². The predicted octanol–water partition coefficient (Wildman–Crippen LogP) is 1.64. The lowest BCUT2D eigenvalue weighted by molar-refractivity contribution is 0.153. The van der Waals surface area contributed by atoms with Crippen molar-refractivity contribution in [1.82, 2.24) is 9.80 Å². The van der Waals surface area contributed by atoms with Crippen molar-refractivity contribution >= 4 is 5.69 Å². The second kappa shape index (κ2) is 6.95. The number of anilines is 1. The highest BCUT2D eigenvalue weighted by molar-refractivity contribution is 5.51. The Balaban J connectivity index is 1.83. The maximum Gasteiger partial charge on any atom is 0.118 e. The van der Waals surface area contributed by atoms with E-state index in [-0.39, 0.29) is 0 Å². The van der Waals surface area contributed by atoms with Crippen LogP contribution < -0.4 is 4.90 Å². The van der Waals surface area contributed by atoms with Crippen LogP contribution in [0.5, 0.6) is 5.75 Å². The maximum atomic E-state index is 9.95. The summed E-state index contributed by atoms with van der Waals surface area (Å²) in [7, 11) is 6.24. The lowest BCUT2D eigenvalue weighted by Crippen LogP contribution is -2.44. The van der Waals surface area contributed by atoms with Gasteiger partial charge < -0.3 is 19.8 Å². The van der Waals surface area contributed by atoms with E-state index in [1.165, 1.54) is 26.2 Å². The highest BCUT2D eigenvalue weighted by Crippen LogP contribution is 2.24. The number of phenolic OH excluding ortho intramolecular Hbond substituents is 1. The maximum absolute atomic E-state index is 9.95. The van der Waals surface area contributed by atoms with E-state index in [1.54, 1.807) is 6.07 Å². The summed E-state index contributed by atoms with van der Waals surface area (Å²) in [6, 6.07) is 5.86. The monoisotopic (exact) mass is 277 g/mol. The highest BCUT2D eigenvalue weighted by Gasteiger charge is 2.13. The third-order valence-corrected chi connectivity index (χ3v) is 4.10. The van der Waals surface area contributed by atoms with Crippen LogP contribution in [0.4, 0.5) is 5.69 Å². The van der Waals surface area contributed by atoms with E-state index in [9.17, 15) is 5.11 Å². The Bertz CT molecular complexity index is 426. The van der Waals surface area contributed by atoms with E-state index in [4.69, 9.17) is 0 Å². The van der Waals surface area contributed by atoms with Crippen molar-refractivity contribution in [3.63, 3.8) is 0 Å². The summed E-state index contributed by atoms with van der Waals surface area (Å²) in [4.78, 5) is 6.97. The van der Waals surface area contributed by atoms with Crippen molar-refractivity contribution in [1.29, 1.82) is 0 Å². The number of benzene rings is 1. The molecule has 0 saturated carbocycles. The molecule has 1 aromatic carbocycles. The molecule has 1 aliphatic rings. The topological polar surface area (TPSA) is 30.0 Å². The van der Waals surface area contributed by atoms with Gasteiger partial charge in [0.05, 0.1) is 0 Å². The normalized spacial score (nSPS) is 17.4. The first-order chi connectivity index (χ1) is 9.56. The molecule has 112 valence electrons. The van der Waals surface area contributed by atoms with Gasteiger partial charge in [-0.1, -0.05) is 0 Å². The number of hydrogen-bond donors (Lipinski definition) is 1. The molecule has 1 saturated heterocycles. The van der Waals surface area contributed by atoms with Crippen molar-refractivity contribution in [2.45, 2.75) is 12.8 Å². The highest BCUT2D eigenvalue weighted by atomic mass is 16.3. The summed E-state index contributed by atoms with van der Waals surface area (Å²) in [6.07, 6.45) is 2.05. The molecule has 0 bridgehead atoms. The second-order valence-electron chi connectivity index (χ2n) is 5.96. The number of aromatic hydroxyl groups is 1. The van der Waals surface area contributed by atoms with E-state index >= 15 is 0 Å². The van der Waals surface area contributed by atoms with Crippen LogP contribution in [0.3, 0.4) is 0 Å². The summed E-state index contributed by atoms with van der Waals surface area (Å²) in [5, 5.41) is 9.95. The van der Waals surface area contributed by atoms with Gasteiger partial charge in [0.1, 0.15) is 5.75 Å². The van der Waals surface area contributed by atoms with Crippen molar-refractivity contribution in [2.75, 3.05) is 58.8 Å². The van der Waals surface area contributed by atoms with Gasteiger partial charge in [-0.25, -0.2) is 0 Å². The van der Waals surface area contributed by atoms with Crippen LogP contribution in [-0.4, -0.2) is 68.8 Å². The minimum Gasteiger partial charge on any atom is -0.508 e. The summed E-state index contributed by atoms with van der Waals surface area (Å²) < 4.78 is 0. The summed E-state index contributed by atoms with van der Waals surface area (Å²) in [6.45, 7) is 5.79. The van der Waals surface area contributed by atoms with E-state index in [0.717, 1.165) is 30.6 Å². The van der Waals surface area contributed by atoms with Crippen LogP contribution in [0.2, 0.25) is 0 Å². The SMILES string of the molecule is CN1CCN(CCCc2cc(N(C)C)ccc2O)CC1. The van der Waals surface area contributed by atoms with Crippen molar-refractivity contribution in [2.24, 2.45) is 0 Å². The van der Waals surface area contributed by atoms with Crippen molar-refractivity contribution in [3.05, 3.63) is 23.8 Å². The number of likely N-dealkylation sites (N-methyl/N-ethyl adjacent to an activating group) is 1. The molecule has 1 aliphatic heterocycles. The van der Waals surface area contributed by atoms with Gasteiger partial charge in [-0.2, -0.15) is 0 Å². The third kappa shape index (κ3) is 4.12. The molecule has 0 atom stereocenters. The molecule has 4 heteroatoms. The molecule has 4 nitrogen and oxygen atoms in total. The van der Waals surface area contributed by atoms with Gasteiger partial charge in [0.25, 0.3) is 0 Å². The van der Waals surface area contributed by atoms with Gasteiger partial charge in [0.2, 0.25) is 0 Å². The molecule has 0 spiro atoms. The van der Waals surface area contributed by atoms with Crippen molar-refractivity contribution < 1.29 is 5.11 Å². The van der Waals surface area contributed by atoms with Gasteiger partial charge in [-0.3, -0.25) is 0 Å². The fraction of sp³-hybridized carbons (Fsp3) is 0.625. The zero-order chi connectivity index (χ0) is 14.5. The number of rotatable bonds is 5. The molecule has 20 heavy (non-hydrogen) atoms. The minimum absolute atomic E-state index is 0.425. The predicted molar refractivity (Wildman–Crippen MR) is 84.7 cm³/mol. The lowest BCUT2D eigenvalue weighted by Gasteiger charge is -2.32. The number of nitrogens with zero attached hydrogens (tertiary/aromatic N) is 3. The van der Waals surface area contributed by atoms with Gasteiger partial charge in [0, 0.05) is 46.0 Å². The van der Waals surface area contributed by atoms with Crippen LogP contribution in [0.15, 0.2) is 18.2 Å². The third-order valence-electron chi connectivity index (χ3n) is 4.10. The summed E-state index contributed by atoms with van der Waals surface area (Å²) in [5.74, 6) is 0.425. The Kier molecular flexibility index (Phi) is 5.26. The molecule has 0 radical (unpaired) electrons. The smallest absolute Gasteiger partial charge is 0.118 e. The molecule has 1 fully saturated rings. The average molecular weight is 277 g/mol. The van der Waals surface area contributed by atoms with Crippen LogP contribution in [0.25, 0.3) is 0 Å². The van der Waals surface area contributed by atoms with Crippen molar-refractivity contribution in [3.8, 4) is 5.75 Å². The first-order valence-corrected chi connectivity index (χ1v) is 7.46. The van der Waals surface area contributed by atoms with E-state index in [2.05, 4.69) is 27.8 Å². The minimum atomic E-state index is 0.425. The van der Waals surface area contributed by atoms with E-state index in [1.807, 2.05) is 20.2 Å². The summed E-state index contributed by atoms with van der Waals surface area (Å²) >= 11 is 0. The molecule has 1 N–H and O–H groups in total. The standard InChI is InChI=1S/C16H27N3O/c1-17(2)15-6-7-16(20)14(13-15)5-4-8-19-11-9-18(3)10-12-19/h6-7,13,20H,4-5,8-12H2,1-3H3. The molecule has 1 aromatic rings. The van der Waals surface area contributed by atoms with E-state index < -0.39 is 0 Å². The first-order valence-electron chi connectivity index (χ1n) is 7.46. The average Bonchev–Trinajstić information content (AvgIpc) is 2.43. The molecule has 0 aromatic heterocycles. The molecular formula is C16H27N3O. The van der Waals surface area contributed by atoms with Gasteiger partial charge in [0.15, 0.2) is 0 Å². The number of aryl methyl sites for hydroxylation is 1. The largest absolute Gasteiger partial charge is 0.508 e. The molecule has 0 unspecified atom stereocenters. The molecule has 0 amide bonds. The van der Waals surface area contributed by atoms with Crippen LogP contribution in [-0.2, 0) is 6.42 Å². The van der Waals surface area contributed by atoms with Gasteiger partial charge in [-0.05, 0) is 50.2 Å². The summed E-state index contributed by atoms with van der Waals surface area (Å²) in [5.41, 5.74) is 2.21. The molecule has 1 heterocycles. The van der Waals surface area contributed by atoms with Crippen LogP contribution >= 0.6 is 0 Å². The number of hydrogen-bond acceptors (Lipinski definition) is 4.